The van der Waals surface area contributed by atoms with Crippen molar-refractivity contribution >= 4 is 39.5 Å². The molecule has 0 bridgehead atoms. The maximum absolute atomic E-state index is 13.3. The predicted octanol–water partition coefficient (Wildman–Crippen LogP) is 4.49. The molecule has 1 atom stereocenters. The van der Waals surface area contributed by atoms with Gasteiger partial charge in [-0.2, -0.15) is 10.4 Å². The molecule has 3 N–H and O–H groups in total. The lowest BCUT2D eigenvalue weighted by Crippen LogP contribution is -2.37. The molecule has 2 fully saturated rings. The van der Waals surface area contributed by atoms with Gasteiger partial charge in [0.2, 0.25) is 0 Å². The number of nitrogens with one attached hydrogen (secondary N) is 2. The van der Waals surface area contributed by atoms with Crippen molar-refractivity contribution in [3.05, 3.63) is 48.7 Å². The smallest absolute Gasteiger partial charge is 0.253 e. The van der Waals surface area contributed by atoms with Crippen molar-refractivity contribution in [2.24, 2.45) is 5.92 Å². The number of carbonyl (C=O) groups is 1. The molecule has 2 saturated carbocycles. The quantitative estimate of drug-likeness (QED) is 0.258. The first-order valence-electron chi connectivity index (χ1n) is 13.7. The van der Waals surface area contributed by atoms with E-state index in [2.05, 4.69) is 55.2 Å². The zero-order valence-corrected chi connectivity index (χ0v) is 23.6. The fraction of sp³-hybridized carbons (Fsp3) is 0.429. The number of carbonyl (C=O) groups excluding carboxylic acids is 1. The van der Waals surface area contributed by atoms with Gasteiger partial charge in [-0.1, -0.05) is 0 Å². The minimum atomic E-state index is -2.01. The number of rotatable bonds is 8. The van der Waals surface area contributed by atoms with Crippen molar-refractivity contribution in [3.63, 3.8) is 0 Å². The lowest BCUT2D eigenvalue weighted by atomic mass is 9.87. The highest BCUT2D eigenvalue weighted by molar-refractivity contribution is 7.80. The maximum atomic E-state index is 13.3. The molecule has 1 amide bonds. The zero-order valence-electron chi connectivity index (χ0n) is 22.8. The van der Waals surface area contributed by atoms with E-state index in [1.165, 1.54) is 4.68 Å². The Balaban J connectivity index is 1.22. The molecule has 2 aliphatic carbocycles. The van der Waals surface area contributed by atoms with Crippen LogP contribution in [0.1, 0.15) is 68.8 Å². The fourth-order valence-electron chi connectivity index (χ4n) is 5.40. The van der Waals surface area contributed by atoms with Gasteiger partial charge in [-0.15, -0.1) is 0 Å². The standard InChI is InChI=1S/C28H31N9O3S/c1-17(2)36-16-22(27(38)33-20-5-3-18(12-29)4-6-20)21-14-31-25(11-23(21)36)34-24-7-10-30-26(35-24)19-13-32-37(15-19)28(8-9-28)41(39)40/h7,10-11,13-18,20H,3-6,8-9H2,1-2H3,(H,33,38)(H,39,40)(H,30,31,34,35). The van der Waals surface area contributed by atoms with Crippen LogP contribution in [0, 0.1) is 17.2 Å². The van der Waals surface area contributed by atoms with Crippen LogP contribution < -0.4 is 10.6 Å². The van der Waals surface area contributed by atoms with Crippen LogP contribution in [-0.4, -0.2) is 50.0 Å². The second kappa shape index (κ2) is 10.7. The number of anilines is 2. The van der Waals surface area contributed by atoms with E-state index in [0.717, 1.165) is 36.6 Å². The summed E-state index contributed by atoms with van der Waals surface area (Å²) in [5, 5.41) is 20.6. The average Bonchev–Trinajstić information content (AvgIpc) is 3.47. The summed E-state index contributed by atoms with van der Waals surface area (Å²) in [5.41, 5.74) is 2.09. The Morgan fingerprint density at radius 3 is 2.63 bits per heavy atom. The number of amides is 1. The van der Waals surface area contributed by atoms with Crippen LogP contribution in [-0.2, 0) is 16.0 Å². The van der Waals surface area contributed by atoms with E-state index in [1.54, 1.807) is 30.9 Å². The largest absolute Gasteiger partial charge is 0.349 e. The van der Waals surface area contributed by atoms with Crippen LogP contribution in [0.4, 0.5) is 11.6 Å². The minimum absolute atomic E-state index is 0.0677. The molecule has 41 heavy (non-hydrogen) atoms. The number of hydrogen-bond donors (Lipinski definition) is 3. The van der Waals surface area contributed by atoms with Crippen molar-refractivity contribution in [2.75, 3.05) is 5.32 Å². The normalized spacial score (nSPS) is 20.5. The maximum Gasteiger partial charge on any atom is 0.253 e. The van der Waals surface area contributed by atoms with Gasteiger partial charge >= 0.3 is 0 Å². The van der Waals surface area contributed by atoms with E-state index in [1.807, 2.05) is 12.3 Å². The highest BCUT2D eigenvalue weighted by Gasteiger charge is 2.51. The summed E-state index contributed by atoms with van der Waals surface area (Å²) in [6.07, 6.45) is 12.9. The van der Waals surface area contributed by atoms with Crippen LogP contribution in [0.25, 0.3) is 22.3 Å². The van der Waals surface area contributed by atoms with Crippen LogP contribution in [0.3, 0.4) is 0 Å². The van der Waals surface area contributed by atoms with Crippen molar-refractivity contribution in [1.29, 1.82) is 5.26 Å². The van der Waals surface area contributed by atoms with E-state index in [9.17, 15) is 13.6 Å². The number of nitrogens with zero attached hydrogens (tertiary/aromatic N) is 7. The molecule has 0 aliphatic heterocycles. The molecular weight excluding hydrogens is 542 g/mol. The molecule has 212 valence electrons. The van der Waals surface area contributed by atoms with Gasteiger partial charge < -0.3 is 19.8 Å². The Morgan fingerprint density at radius 1 is 1.17 bits per heavy atom. The van der Waals surface area contributed by atoms with Crippen LogP contribution in [0.2, 0.25) is 0 Å². The Hall–Kier alpha value is -4.15. The van der Waals surface area contributed by atoms with Gasteiger partial charge in [0, 0.05) is 54.2 Å². The summed E-state index contributed by atoms with van der Waals surface area (Å²) in [6.45, 7) is 4.12. The van der Waals surface area contributed by atoms with E-state index in [-0.39, 0.29) is 23.9 Å². The van der Waals surface area contributed by atoms with Gasteiger partial charge in [0.25, 0.3) is 5.91 Å². The van der Waals surface area contributed by atoms with Crippen LogP contribution in [0.5, 0.6) is 0 Å². The third-order valence-corrected chi connectivity index (χ3v) is 9.18. The van der Waals surface area contributed by atoms with Crippen molar-refractivity contribution < 1.29 is 13.6 Å². The minimum Gasteiger partial charge on any atom is -0.349 e. The third-order valence-electron chi connectivity index (χ3n) is 7.94. The SMILES string of the molecule is CC(C)n1cc(C(=O)NC2CCC(C#N)CC2)c2cnc(Nc3ccnc(-c4cnn(C5(S(=O)O)CC5)c4)n3)cc21. The Morgan fingerprint density at radius 2 is 1.95 bits per heavy atom. The highest BCUT2D eigenvalue weighted by atomic mass is 32.2. The molecule has 4 heterocycles. The second-order valence-electron chi connectivity index (χ2n) is 11.0. The monoisotopic (exact) mass is 573 g/mol. The first kappa shape index (κ1) is 27.0. The van der Waals surface area contributed by atoms with Gasteiger partial charge in [-0.05, 0) is 58.4 Å². The summed E-state index contributed by atoms with van der Waals surface area (Å²) in [6, 6.07) is 6.15. The van der Waals surface area contributed by atoms with Gasteiger partial charge in [-0.3, -0.25) is 9.48 Å². The topological polar surface area (TPSA) is 164 Å². The van der Waals surface area contributed by atoms with E-state index in [0.29, 0.717) is 41.4 Å². The van der Waals surface area contributed by atoms with Crippen LogP contribution in [0.15, 0.2) is 43.1 Å². The number of fused-ring (bicyclic) bond motifs is 1. The van der Waals surface area contributed by atoms with E-state index < -0.39 is 16.0 Å². The van der Waals surface area contributed by atoms with Gasteiger partial charge in [-0.25, -0.2) is 19.2 Å². The Kier molecular flexibility index (Phi) is 7.04. The first-order valence-corrected chi connectivity index (χ1v) is 14.9. The lowest BCUT2D eigenvalue weighted by molar-refractivity contribution is 0.0926. The number of hydrogen-bond acceptors (Lipinski definition) is 8. The predicted molar refractivity (Wildman–Crippen MR) is 153 cm³/mol. The van der Waals surface area contributed by atoms with Gasteiger partial charge in [0.1, 0.15) is 11.6 Å². The molecule has 1 unspecified atom stereocenters. The molecule has 13 heteroatoms. The van der Waals surface area contributed by atoms with Crippen molar-refractivity contribution in [2.45, 2.75) is 69.3 Å². The molecule has 12 nitrogen and oxygen atoms in total. The summed E-state index contributed by atoms with van der Waals surface area (Å²) >= 11 is -2.01. The van der Waals surface area contributed by atoms with E-state index in [4.69, 9.17) is 5.26 Å². The average molecular weight is 574 g/mol. The second-order valence-corrected chi connectivity index (χ2v) is 12.3. The molecule has 4 aromatic heterocycles. The Bertz CT molecular complexity index is 1680. The molecule has 0 saturated heterocycles. The first-order chi connectivity index (χ1) is 19.8. The third kappa shape index (κ3) is 5.20. The lowest BCUT2D eigenvalue weighted by Gasteiger charge is -2.25. The van der Waals surface area contributed by atoms with Crippen molar-refractivity contribution in [3.8, 4) is 17.5 Å². The molecule has 0 aromatic carbocycles. The van der Waals surface area contributed by atoms with Gasteiger partial charge in [0.15, 0.2) is 21.8 Å². The number of pyridine rings is 1. The van der Waals surface area contributed by atoms with Gasteiger partial charge in [0.05, 0.1) is 28.9 Å². The molecule has 0 spiro atoms. The summed E-state index contributed by atoms with van der Waals surface area (Å²) < 4.78 is 25.0. The van der Waals surface area contributed by atoms with E-state index >= 15 is 0 Å². The van der Waals surface area contributed by atoms with Crippen molar-refractivity contribution in [1.82, 2.24) is 34.6 Å². The number of aromatic nitrogens is 6. The summed E-state index contributed by atoms with van der Waals surface area (Å²) in [4.78, 5) is 25.9. The highest BCUT2D eigenvalue weighted by Crippen LogP contribution is 2.45. The Labute approximate surface area is 239 Å². The fourth-order valence-corrected chi connectivity index (χ4v) is 6.11. The summed E-state index contributed by atoms with van der Waals surface area (Å²) in [5.74, 6) is 1.46. The zero-order chi connectivity index (χ0) is 28.7. The molecule has 0 radical (unpaired) electrons. The molecule has 2 aliphatic rings. The van der Waals surface area contributed by atoms with Crippen LogP contribution >= 0.6 is 0 Å². The number of nitriles is 1. The molecular formula is C28H31N9O3S. The molecule has 6 rings (SSSR count). The summed E-state index contributed by atoms with van der Waals surface area (Å²) in [7, 11) is 0. The molecule has 4 aromatic rings.